The molecule has 0 aliphatic carbocycles. The summed E-state index contributed by atoms with van der Waals surface area (Å²) in [6, 6.07) is 4.78. The van der Waals surface area contributed by atoms with Crippen LogP contribution in [0.3, 0.4) is 0 Å². The van der Waals surface area contributed by atoms with Crippen molar-refractivity contribution in [1.29, 1.82) is 0 Å². The summed E-state index contributed by atoms with van der Waals surface area (Å²) in [6.45, 7) is 2.77. The van der Waals surface area contributed by atoms with Crippen molar-refractivity contribution >= 4 is 22.8 Å². The van der Waals surface area contributed by atoms with Crippen molar-refractivity contribution in [3.63, 3.8) is 0 Å². The number of likely N-dealkylation sites (tertiary alicyclic amines) is 2. The van der Waals surface area contributed by atoms with E-state index in [9.17, 15) is 18.4 Å². The number of aromatic nitrogens is 2. The SMILES string of the molecule is O=C(c1ccc2nc(C(F)F)[nH]c2c1)N1CCC(C(=O)N2CCCCCC2)CC1. The molecule has 3 heterocycles. The molecule has 0 atom stereocenters. The second-order valence-electron chi connectivity index (χ2n) is 7.96. The molecule has 0 saturated carbocycles. The molecule has 2 fully saturated rings. The minimum atomic E-state index is -2.68. The molecule has 2 saturated heterocycles. The van der Waals surface area contributed by atoms with Crippen LogP contribution in [-0.4, -0.2) is 57.8 Å². The van der Waals surface area contributed by atoms with Gasteiger partial charge in [0.1, 0.15) is 0 Å². The lowest BCUT2D eigenvalue weighted by Crippen LogP contribution is -2.44. The highest BCUT2D eigenvalue weighted by atomic mass is 19.3. The van der Waals surface area contributed by atoms with Crippen LogP contribution in [-0.2, 0) is 4.79 Å². The number of piperidine rings is 1. The summed E-state index contributed by atoms with van der Waals surface area (Å²) in [6.07, 6.45) is 3.19. The number of carbonyl (C=O) groups is 2. The van der Waals surface area contributed by atoms with E-state index in [-0.39, 0.29) is 17.7 Å². The van der Waals surface area contributed by atoms with Crippen LogP contribution in [0, 0.1) is 5.92 Å². The average Bonchev–Trinajstić information content (AvgIpc) is 2.98. The fourth-order valence-corrected chi connectivity index (χ4v) is 4.33. The quantitative estimate of drug-likeness (QED) is 0.847. The third kappa shape index (κ3) is 4.26. The molecule has 2 amide bonds. The minimum absolute atomic E-state index is 0.0131. The van der Waals surface area contributed by atoms with Crippen molar-refractivity contribution in [3.05, 3.63) is 29.6 Å². The molecule has 2 aliphatic heterocycles. The summed E-state index contributed by atoms with van der Waals surface area (Å²) in [5.74, 6) is -0.309. The van der Waals surface area contributed by atoms with Gasteiger partial charge in [0, 0.05) is 37.7 Å². The molecule has 0 spiro atoms. The smallest absolute Gasteiger partial charge is 0.295 e. The number of benzene rings is 1. The van der Waals surface area contributed by atoms with Crippen LogP contribution in [0.2, 0.25) is 0 Å². The summed E-state index contributed by atoms with van der Waals surface area (Å²) >= 11 is 0. The molecule has 2 aliphatic rings. The van der Waals surface area contributed by atoms with Crippen LogP contribution >= 0.6 is 0 Å². The predicted molar refractivity (Wildman–Crippen MR) is 105 cm³/mol. The van der Waals surface area contributed by atoms with Crippen molar-refractivity contribution in [2.75, 3.05) is 26.2 Å². The first-order valence-corrected chi connectivity index (χ1v) is 10.4. The van der Waals surface area contributed by atoms with E-state index in [1.54, 1.807) is 23.1 Å². The van der Waals surface area contributed by atoms with E-state index in [0.29, 0.717) is 42.5 Å². The zero-order chi connectivity index (χ0) is 20.4. The number of halogens is 2. The fraction of sp³-hybridized carbons (Fsp3) is 0.571. The molecule has 2 aromatic rings. The Bertz CT molecular complexity index is 882. The van der Waals surface area contributed by atoms with E-state index in [1.807, 2.05) is 4.90 Å². The number of alkyl halides is 2. The summed E-state index contributed by atoms with van der Waals surface area (Å²) in [4.78, 5) is 35.8. The van der Waals surface area contributed by atoms with Crippen molar-refractivity contribution in [2.24, 2.45) is 5.92 Å². The number of aromatic amines is 1. The molecule has 8 heteroatoms. The van der Waals surface area contributed by atoms with E-state index in [0.717, 1.165) is 25.9 Å². The number of hydrogen-bond acceptors (Lipinski definition) is 3. The van der Waals surface area contributed by atoms with Crippen LogP contribution < -0.4 is 0 Å². The first kappa shape index (κ1) is 19.8. The molecule has 1 N–H and O–H groups in total. The Balaban J connectivity index is 1.38. The number of fused-ring (bicyclic) bond motifs is 1. The lowest BCUT2D eigenvalue weighted by molar-refractivity contribution is -0.136. The average molecular weight is 404 g/mol. The largest absolute Gasteiger partial charge is 0.342 e. The third-order valence-electron chi connectivity index (χ3n) is 6.00. The van der Waals surface area contributed by atoms with Gasteiger partial charge in [0.25, 0.3) is 12.3 Å². The van der Waals surface area contributed by atoms with Gasteiger partial charge in [-0.25, -0.2) is 13.8 Å². The van der Waals surface area contributed by atoms with Crippen molar-refractivity contribution in [1.82, 2.24) is 19.8 Å². The molecule has 156 valence electrons. The first-order valence-electron chi connectivity index (χ1n) is 10.4. The van der Waals surface area contributed by atoms with Gasteiger partial charge in [0.2, 0.25) is 5.91 Å². The second-order valence-corrected chi connectivity index (χ2v) is 7.96. The maximum absolute atomic E-state index is 12.9. The monoisotopic (exact) mass is 404 g/mol. The number of hydrogen-bond donors (Lipinski definition) is 1. The van der Waals surface area contributed by atoms with Crippen molar-refractivity contribution in [2.45, 2.75) is 45.0 Å². The molecule has 0 bridgehead atoms. The third-order valence-corrected chi connectivity index (χ3v) is 6.00. The van der Waals surface area contributed by atoms with Gasteiger partial charge >= 0.3 is 0 Å². The van der Waals surface area contributed by atoms with Gasteiger partial charge in [-0.2, -0.15) is 0 Å². The van der Waals surface area contributed by atoms with Gasteiger partial charge in [-0.15, -0.1) is 0 Å². The Kier molecular flexibility index (Phi) is 5.78. The zero-order valence-electron chi connectivity index (χ0n) is 16.4. The number of amides is 2. The summed E-state index contributed by atoms with van der Waals surface area (Å²) in [7, 11) is 0. The standard InChI is InChI=1S/C21H26F2N4O2/c22-18(23)19-24-16-6-5-15(13-17(16)25-19)21(29)27-11-7-14(8-12-27)20(28)26-9-3-1-2-4-10-26/h5-6,13-14,18H,1-4,7-12H2,(H,24,25). The van der Waals surface area contributed by atoms with Gasteiger partial charge in [-0.3, -0.25) is 9.59 Å². The number of imidazole rings is 1. The van der Waals surface area contributed by atoms with Crippen LogP contribution in [0.5, 0.6) is 0 Å². The minimum Gasteiger partial charge on any atom is -0.342 e. The number of H-pyrrole nitrogens is 1. The van der Waals surface area contributed by atoms with E-state index in [2.05, 4.69) is 9.97 Å². The normalized spacial score (nSPS) is 19.0. The Morgan fingerprint density at radius 1 is 1.00 bits per heavy atom. The number of nitrogens with zero attached hydrogens (tertiary/aromatic N) is 3. The molecule has 1 aromatic carbocycles. The Morgan fingerprint density at radius 2 is 1.69 bits per heavy atom. The molecule has 29 heavy (non-hydrogen) atoms. The summed E-state index contributed by atoms with van der Waals surface area (Å²) in [5, 5.41) is 0. The highest BCUT2D eigenvalue weighted by Crippen LogP contribution is 2.25. The van der Waals surface area contributed by atoms with Crippen LogP contribution in [0.25, 0.3) is 11.0 Å². The maximum atomic E-state index is 12.9. The van der Waals surface area contributed by atoms with Gasteiger partial charge in [0.15, 0.2) is 5.82 Å². The summed E-state index contributed by atoms with van der Waals surface area (Å²) < 4.78 is 25.6. The van der Waals surface area contributed by atoms with Crippen LogP contribution in [0.1, 0.15) is 61.1 Å². The maximum Gasteiger partial charge on any atom is 0.295 e. The Labute approximate surface area is 168 Å². The molecular formula is C21H26F2N4O2. The molecule has 6 nitrogen and oxygen atoms in total. The predicted octanol–water partition coefficient (Wildman–Crippen LogP) is 3.76. The second kappa shape index (κ2) is 8.47. The zero-order valence-corrected chi connectivity index (χ0v) is 16.4. The van der Waals surface area contributed by atoms with Crippen molar-refractivity contribution in [3.8, 4) is 0 Å². The number of nitrogens with one attached hydrogen (secondary N) is 1. The fourth-order valence-electron chi connectivity index (χ4n) is 4.33. The molecule has 4 rings (SSSR count). The van der Waals surface area contributed by atoms with Crippen LogP contribution in [0.15, 0.2) is 18.2 Å². The Morgan fingerprint density at radius 3 is 2.34 bits per heavy atom. The highest BCUT2D eigenvalue weighted by molar-refractivity contribution is 5.97. The van der Waals surface area contributed by atoms with E-state index >= 15 is 0 Å². The Hall–Kier alpha value is -2.51. The van der Waals surface area contributed by atoms with E-state index < -0.39 is 12.2 Å². The molecular weight excluding hydrogens is 378 g/mol. The van der Waals surface area contributed by atoms with Crippen LogP contribution in [0.4, 0.5) is 8.78 Å². The highest BCUT2D eigenvalue weighted by Gasteiger charge is 2.31. The van der Waals surface area contributed by atoms with E-state index in [1.165, 1.54) is 12.8 Å². The van der Waals surface area contributed by atoms with Gasteiger partial charge < -0.3 is 14.8 Å². The lowest BCUT2D eigenvalue weighted by atomic mass is 9.94. The van der Waals surface area contributed by atoms with Gasteiger partial charge in [-0.05, 0) is 43.9 Å². The molecule has 0 unspecified atom stereocenters. The topological polar surface area (TPSA) is 69.3 Å². The van der Waals surface area contributed by atoms with Crippen molar-refractivity contribution < 1.29 is 18.4 Å². The van der Waals surface area contributed by atoms with Gasteiger partial charge in [-0.1, -0.05) is 12.8 Å². The number of carbonyl (C=O) groups excluding carboxylic acids is 2. The lowest BCUT2D eigenvalue weighted by Gasteiger charge is -2.34. The molecule has 0 radical (unpaired) electrons. The van der Waals surface area contributed by atoms with E-state index in [4.69, 9.17) is 0 Å². The first-order chi connectivity index (χ1) is 14.0. The number of rotatable bonds is 3. The molecule has 1 aromatic heterocycles. The summed E-state index contributed by atoms with van der Waals surface area (Å²) in [5.41, 5.74) is 1.29. The van der Waals surface area contributed by atoms with Gasteiger partial charge in [0.05, 0.1) is 11.0 Å².